The van der Waals surface area contributed by atoms with Gasteiger partial charge in [-0.2, -0.15) is 0 Å². The van der Waals surface area contributed by atoms with E-state index in [1.54, 1.807) is 27.7 Å². The van der Waals surface area contributed by atoms with Crippen LogP contribution in [0.15, 0.2) is 11.6 Å². The monoisotopic (exact) mass is 522 g/mol. The van der Waals surface area contributed by atoms with E-state index in [0.717, 1.165) is 7.11 Å². The molecule has 5 rings (SSSR count). The van der Waals surface area contributed by atoms with Gasteiger partial charge in [-0.1, -0.05) is 26.3 Å². The maximum atomic E-state index is 13.4. The van der Waals surface area contributed by atoms with E-state index in [1.165, 1.54) is 6.08 Å². The first kappa shape index (κ1) is 26.3. The molecule has 4 fully saturated rings. The molecule has 11 heteroatoms. The Balaban J connectivity index is 1.73. The zero-order valence-electron chi connectivity index (χ0n) is 21.5. The molecule has 204 valence electrons. The van der Waals surface area contributed by atoms with Gasteiger partial charge in [-0.3, -0.25) is 9.59 Å². The summed E-state index contributed by atoms with van der Waals surface area (Å²) in [7, 11) is 1.09. The number of carbonyl (C=O) groups excluding carboxylic acids is 4. The third-order valence-corrected chi connectivity index (χ3v) is 9.67. The van der Waals surface area contributed by atoms with Crippen LogP contribution in [0.2, 0.25) is 0 Å². The molecule has 0 aromatic carbocycles. The number of ether oxygens (including phenoxy) is 4. The summed E-state index contributed by atoms with van der Waals surface area (Å²) in [4.78, 5) is 52.3. The molecule has 3 N–H and O–H groups in total. The van der Waals surface area contributed by atoms with Crippen LogP contribution in [0.5, 0.6) is 0 Å². The third-order valence-electron chi connectivity index (χ3n) is 9.67. The van der Waals surface area contributed by atoms with Crippen molar-refractivity contribution in [2.24, 2.45) is 34.5 Å². The van der Waals surface area contributed by atoms with Crippen molar-refractivity contribution in [3.63, 3.8) is 0 Å². The molecule has 5 aliphatic rings. The molecular formula is C26H34O11. The molecule has 2 aliphatic heterocycles. The molecule has 2 saturated heterocycles. The Morgan fingerprint density at radius 2 is 1.86 bits per heavy atom. The van der Waals surface area contributed by atoms with Crippen molar-refractivity contribution in [1.82, 2.24) is 0 Å². The summed E-state index contributed by atoms with van der Waals surface area (Å²) in [6.07, 6.45) is -6.13. The number of esters is 3. The molecule has 2 saturated carbocycles. The summed E-state index contributed by atoms with van der Waals surface area (Å²) in [5, 5.41) is 34.4. The topological polar surface area (TPSA) is 166 Å². The summed E-state index contributed by atoms with van der Waals surface area (Å²) in [6.45, 7) is 6.74. The molecule has 0 aromatic rings. The fourth-order valence-corrected chi connectivity index (χ4v) is 8.34. The van der Waals surface area contributed by atoms with Gasteiger partial charge in [-0.15, -0.1) is 0 Å². The molecular weight excluding hydrogens is 488 g/mol. The molecule has 37 heavy (non-hydrogen) atoms. The number of fused-ring (bicyclic) bond motifs is 2. The Bertz CT molecular complexity index is 1080. The van der Waals surface area contributed by atoms with Crippen molar-refractivity contribution >= 4 is 23.7 Å². The molecule has 0 amide bonds. The lowest BCUT2D eigenvalue weighted by atomic mass is 9.38. The Kier molecular flexibility index (Phi) is 5.91. The predicted molar refractivity (Wildman–Crippen MR) is 122 cm³/mol. The van der Waals surface area contributed by atoms with Gasteiger partial charge in [0.15, 0.2) is 5.78 Å². The van der Waals surface area contributed by atoms with Crippen LogP contribution in [0.4, 0.5) is 0 Å². The number of methoxy groups -OCH3 is 1. The van der Waals surface area contributed by atoms with Gasteiger partial charge in [0.25, 0.3) is 0 Å². The summed E-state index contributed by atoms with van der Waals surface area (Å²) < 4.78 is 22.5. The molecule has 0 radical (unpaired) electrons. The number of hydrogen-bond donors (Lipinski definition) is 3. The predicted octanol–water partition coefficient (Wildman–Crippen LogP) is -0.318. The zero-order valence-corrected chi connectivity index (χ0v) is 21.5. The second kappa shape index (κ2) is 8.33. The van der Waals surface area contributed by atoms with Crippen LogP contribution in [0.25, 0.3) is 0 Å². The fourth-order valence-electron chi connectivity index (χ4n) is 8.34. The molecule has 0 unspecified atom stereocenters. The minimum absolute atomic E-state index is 0.00931. The second-order valence-electron chi connectivity index (χ2n) is 11.9. The van der Waals surface area contributed by atoms with Crippen LogP contribution in [0.1, 0.15) is 40.5 Å². The van der Waals surface area contributed by atoms with Gasteiger partial charge in [0, 0.05) is 23.2 Å². The maximum Gasteiger partial charge on any atom is 0.348 e. The lowest BCUT2D eigenvalue weighted by molar-refractivity contribution is -0.298. The van der Waals surface area contributed by atoms with Crippen molar-refractivity contribution in [2.75, 3.05) is 13.7 Å². The summed E-state index contributed by atoms with van der Waals surface area (Å²) >= 11 is 0. The standard InChI is InChI=1S/C26H34O11/c1-10(2)6-15(28)37-17-19-25-9-35-26(19,23(33)34-5)21(31)16(29)18(25)24(4)12(8-14(25)36-22(17)32)11(3)7-13(27)20(24)30/h7,10,12,14,16-21,29-31H,6,8-9H2,1-5H3/t12-,14+,16+,17+,18+,19+,20+,21-,24-,25+,26+/m0/s1. The minimum Gasteiger partial charge on any atom is -0.467 e. The van der Waals surface area contributed by atoms with Gasteiger partial charge in [0.05, 0.1) is 25.7 Å². The summed E-state index contributed by atoms with van der Waals surface area (Å²) in [5.41, 5.74) is -4.26. The van der Waals surface area contributed by atoms with Crippen molar-refractivity contribution in [1.29, 1.82) is 0 Å². The normalized spacial score (nSPS) is 48.0. The number of ketones is 1. The molecule has 11 atom stereocenters. The average molecular weight is 523 g/mol. The van der Waals surface area contributed by atoms with E-state index >= 15 is 0 Å². The first-order chi connectivity index (χ1) is 17.3. The van der Waals surface area contributed by atoms with E-state index < -0.39 is 88.4 Å². The maximum absolute atomic E-state index is 13.4. The first-order valence-corrected chi connectivity index (χ1v) is 12.7. The Morgan fingerprint density at radius 3 is 2.49 bits per heavy atom. The number of hydrogen-bond acceptors (Lipinski definition) is 11. The smallest absolute Gasteiger partial charge is 0.348 e. The number of rotatable bonds is 4. The van der Waals surface area contributed by atoms with Crippen LogP contribution in [-0.4, -0.2) is 88.8 Å². The summed E-state index contributed by atoms with van der Waals surface area (Å²) in [6, 6.07) is 0. The zero-order chi connectivity index (χ0) is 27.2. The van der Waals surface area contributed by atoms with Crippen molar-refractivity contribution in [3.05, 3.63) is 11.6 Å². The second-order valence-corrected chi connectivity index (χ2v) is 11.9. The highest BCUT2D eigenvalue weighted by molar-refractivity contribution is 5.96. The number of carbonyl (C=O) groups is 4. The lowest BCUT2D eigenvalue weighted by Gasteiger charge is -2.67. The summed E-state index contributed by atoms with van der Waals surface area (Å²) in [5.74, 6) is -6.07. The number of aliphatic hydroxyl groups excluding tert-OH is 3. The van der Waals surface area contributed by atoms with Crippen LogP contribution in [0, 0.1) is 34.5 Å². The van der Waals surface area contributed by atoms with E-state index in [1.807, 2.05) is 0 Å². The molecule has 1 spiro atoms. The Labute approximate surface area is 214 Å². The van der Waals surface area contributed by atoms with Crippen molar-refractivity contribution < 1.29 is 53.4 Å². The minimum atomic E-state index is -2.23. The molecule has 2 bridgehead atoms. The number of aliphatic hydroxyl groups is 3. The van der Waals surface area contributed by atoms with Crippen molar-refractivity contribution in [3.8, 4) is 0 Å². The van der Waals surface area contributed by atoms with Crippen LogP contribution in [0.3, 0.4) is 0 Å². The van der Waals surface area contributed by atoms with E-state index in [9.17, 15) is 34.5 Å². The SMILES string of the molecule is COC(=O)[C@]12OC[C@]34[C@H]([C@@H](O)[C@@H]1O)[C@@]1(C)[C@H](O)C(=O)C=C(C)[C@@H]1C[C@H]3OC(=O)[C@H](OC(=O)CC(C)C)[C@@H]24. The van der Waals surface area contributed by atoms with Gasteiger partial charge in [0.1, 0.15) is 18.3 Å². The molecule has 0 aromatic heterocycles. The van der Waals surface area contributed by atoms with Gasteiger partial charge in [-0.05, 0) is 31.3 Å². The molecule has 11 nitrogen and oxygen atoms in total. The van der Waals surface area contributed by atoms with Crippen LogP contribution < -0.4 is 0 Å². The highest BCUT2D eigenvalue weighted by Gasteiger charge is 2.85. The lowest BCUT2D eigenvalue weighted by Crippen LogP contribution is -2.80. The third kappa shape index (κ3) is 3.08. The van der Waals surface area contributed by atoms with Gasteiger partial charge in [-0.25, -0.2) is 9.59 Å². The Morgan fingerprint density at radius 1 is 1.19 bits per heavy atom. The average Bonchev–Trinajstić information content (AvgIpc) is 3.13. The van der Waals surface area contributed by atoms with E-state index in [2.05, 4.69) is 0 Å². The number of allylic oxidation sites excluding steroid dienone is 1. The quantitative estimate of drug-likeness (QED) is 0.327. The van der Waals surface area contributed by atoms with Crippen LogP contribution >= 0.6 is 0 Å². The Hall–Kier alpha value is -2.34. The van der Waals surface area contributed by atoms with E-state index in [-0.39, 0.29) is 25.4 Å². The van der Waals surface area contributed by atoms with Gasteiger partial charge >= 0.3 is 17.9 Å². The van der Waals surface area contributed by atoms with Gasteiger partial charge in [0.2, 0.25) is 11.7 Å². The molecule has 2 heterocycles. The van der Waals surface area contributed by atoms with E-state index in [4.69, 9.17) is 18.9 Å². The van der Waals surface area contributed by atoms with Crippen LogP contribution in [-0.2, 0) is 38.1 Å². The van der Waals surface area contributed by atoms with E-state index in [0.29, 0.717) is 5.57 Å². The van der Waals surface area contributed by atoms with Gasteiger partial charge < -0.3 is 34.3 Å². The largest absolute Gasteiger partial charge is 0.467 e. The highest BCUT2D eigenvalue weighted by Crippen LogP contribution is 2.72. The molecule has 3 aliphatic carbocycles. The first-order valence-electron chi connectivity index (χ1n) is 12.7. The van der Waals surface area contributed by atoms with Crippen molar-refractivity contribution in [2.45, 2.75) is 76.7 Å². The highest BCUT2D eigenvalue weighted by atomic mass is 16.6. The fraction of sp³-hybridized carbons (Fsp3) is 0.769.